The molecule has 1 rings (SSSR count). The van der Waals surface area contributed by atoms with Gasteiger partial charge in [-0.15, -0.1) is 0 Å². The van der Waals surface area contributed by atoms with E-state index >= 15 is 0 Å². The number of aliphatic hydroxyl groups is 3. The summed E-state index contributed by atoms with van der Waals surface area (Å²) in [5.74, 6) is -2.15. The third kappa shape index (κ3) is 8.99. The van der Waals surface area contributed by atoms with Crippen LogP contribution in [0.15, 0.2) is 14.4 Å². The predicted molar refractivity (Wildman–Crippen MR) is 107 cm³/mol. The van der Waals surface area contributed by atoms with Gasteiger partial charge in [0.15, 0.2) is 0 Å². The molecule has 1 heterocycles. The average Bonchev–Trinajstić information content (AvgIpc) is 2.72. The number of rotatable bonds is 12. The summed E-state index contributed by atoms with van der Waals surface area (Å²) in [6.45, 7) is -0.468. The van der Waals surface area contributed by atoms with E-state index in [0.29, 0.717) is 13.7 Å². The molecule has 3 N–H and O–H groups in total. The van der Waals surface area contributed by atoms with Gasteiger partial charge < -0.3 is 29.5 Å². The molecule has 0 aromatic carbocycles. The summed E-state index contributed by atoms with van der Waals surface area (Å²) in [4.78, 5) is 71.0. The van der Waals surface area contributed by atoms with Crippen molar-refractivity contribution in [3.05, 3.63) is 31.5 Å². The fourth-order valence-corrected chi connectivity index (χ4v) is 2.58. The van der Waals surface area contributed by atoms with E-state index in [1.807, 2.05) is 0 Å². The van der Waals surface area contributed by atoms with Gasteiger partial charge in [0.1, 0.15) is 38.1 Å². The number of nitrogens with zero attached hydrogens (tertiary/aromatic N) is 3. The van der Waals surface area contributed by atoms with Crippen molar-refractivity contribution < 1.29 is 43.9 Å². The first-order valence-corrected chi connectivity index (χ1v) is 9.72. The van der Waals surface area contributed by atoms with Crippen molar-refractivity contribution in [2.75, 3.05) is 19.8 Å². The molecule has 0 radical (unpaired) electrons. The van der Waals surface area contributed by atoms with Crippen LogP contribution in [0.25, 0.3) is 0 Å². The van der Waals surface area contributed by atoms with Crippen molar-refractivity contribution in [3.8, 4) is 0 Å². The van der Waals surface area contributed by atoms with Gasteiger partial charge in [0, 0.05) is 20.8 Å². The van der Waals surface area contributed by atoms with E-state index in [1.54, 1.807) is 0 Å². The summed E-state index contributed by atoms with van der Waals surface area (Å²) >= 11 is 0. The first-order chi connectivity index (χ1) is 15.3. The summed E-state index contributed by atoms with van der Waals surface area (Å²) in [5, 5.41) is 30.1. The Kier molecular flexibility index (Phi) is 10.6. The van der Waals surface area contributed by atoms with Crippen LogP contribution in [0.1, 0.15) is 20.8 Å². The highest BCUT2D eigenvalue weighted by Gasteiger charge is 2.22. The molecule has 0 saturated carbocycles. The quantitative estimate of drug-likeness (QED) is 0.194. The Balaban J connectivity index is 3.38. The largest absolute Gasteiger partial charge is 0.463 e. The second-order valence-electron chi connectivity index (χ2n) is 7.05. The number of esters is 3. The molecule has 0 aliphatic carbocycles. The lowest BCUT2D eigenvalue weighted by Crippen LogP contribution is -2.57. The van der Waals surface area contributed by atoms with Crippen LogP contribution >= 0.6 is 0 Å². The molecule has 0 spiro atoms. The minimum atomic E-state index is -1.50. The zero-order chi connectivity index (χ0) is 25.3. The highest BCUT2D eigenvalue weighted by atomic mass is 16.5. The van der Waals surface area contributed by atoms with E-state index in [2.05, 4.69) is 14.2 Å². The Bertz CT molecular complexity index is 865. The molecule has 1 aromatic heterocycles. The van der Waals surface area contributed by atoms with Crippen LogP contribution in [0, 0.1) is 0 Å². The summed E-state index contributed by atoms with van der Waals surface area (Å²) in [5.41, 5.74) is -3.63. The van der Waals surface area contributed by atoms with Crippen LogP contribution in [0.4, 0.5) is 0 Å². The third-order valence-corrected chi connectivity index (χ3v) is 4.00. The predicted octanol–water partition coefficient (Wildman–Crippen LogP) is -4.06. The van der Waals surface area contributed by atoms with Gasteiger partial charge in [-0.2, -0.15) is 0 Å². The third-order valence-electron chi connectivity index (χ3n) is 4.00. The van der Waals surface area contributed by atoms with E-state index < -0.39 is 92.7 Å². The maximum Gasteiger partial charge on any atom is 0.336 e. The Morgan fingerprint density at radius 2 is 0.818 bits per heavy atom. The molecule has 0 amide bonds. The van der Waals surface area contributed by atoms with Crippen LogP contribution in [-0.2, 0) is 48.2 Å². The molecule has 33 heavy (non-hydrogen) atoms. The molecule has 15 heteroatoms. The molecule has 0 saturated heterocycles. The Morgan fingerprint density at radius 3 is 1.00 bits per heavy atom. The molecule has 0 aliphatic heterocycles. The standard InChI is InChI=1S/C18H27N3O12/c1-10(22)31-7-13(25)4-19-16(28)20(5-14(26)8-32-11(2)23)18(30)21(17(19)29)6-15(27)9-33-12(3)24/h13-15,25-27H,4-9H2,1-3H3/t13-,14-,15-/m1/s1. The average molecular weight is 477 g/mol. The lowest BCUT2D eigenvalue weighted by molar-refractivity contribution is -0.144. The second kappa shape index (κ2) is 12.7. The second-order valence-corrected chi connectivity index (χ2v) is 7.05. The van der Waals surface area contributed by atoms with Gasteiger partial charge in [0.2, 0.25) is 0 Å². The molecule has 1 aromatic rings. The Morgan fingerprint density at radius 1 is 0.606 bits per heavy atom. The number of hydrogen-bond donors (Lipinski definition) is 3. The van der Waals surface area contributed by atoms with Crippen LogP contribution in [0.5, 0.6) is 0 Å². The van der Waals surface area contributed by atoms with E-state index in [4.69, 9.17) is 0 Å². The monoisotopic (exact) mass is 477 g/mol. The maximum atomic E-state index is 12.8. The molecule has 186 valence electrons. The van der Waals surface area contributed by atoms with Gasteiger partial charge >= 0.3 is 35.0 Å². The van der Waals surface area contributed by atoms with Crippen molar-refractivity contribution >= 4 is 17.9 Å². The van der Waals surface area contributed by atoms with Crippen LogP contribution < -0.4 is 17.1 Å². The number of carbonyl (C=O) groups is 3. The summed E-state index contributed by atoms with van der Waals surface area (Å²) in [6, 6.07) is 0. The van der Waals surface area contributed by atoms with E-state index in [-0.39, 0.29) is 0 Å². The van der Waals surface area contributed by atoms with E-state index in [0.717, 1.165) is 20.8 Å². The molecular weight excluding hydrogens is 450 g/mol. The first-order valence-electron chi connectivity index (χ1n) is 9.72. The van der Waals surface area contributed by atoms with E-state index in [9.17, 15) is 44.1 Å². The van der Waals surface area contributed by atoms with Gasteiger partial charge in [0.25, 0.3) is 0 Å². The van der Waals surface area contributed by atoms with Crippen molar-refractivity contribution in [2.24, 2.45) is 0 Å². The summed E-state index contributed by atoms with van der Waals surface area (Å²) in [6.07, 6.45) is -4.51. The molecule has 15 nitrogen and oxygen atoms in total. The van der Waals surface area contributed by atoms with Crippen LogP contribution in [-0.4, -0.2) is 85.1 Å². The minimum Gasteiger partial charge on any atom is -0.463 e. The highest BCUT2D eigenvalue weighted by Crippen LogP contribution is 1.94. The van der Waals surface area contributed by atoms with Crippen molar-refractivity contribution in [1.82, 2.24) is 13.7 Å². The number of aromatic nitrogens is 3. The molecule has 0 bridgehead atoms. The molecular formula is C18H27N3O12. The molecule has 0 fully saturated rings. The van der Waals surface area contributed by atoms with Gasteiger partial charge in [-0.05, 0) is 0 Å². The van der Waals surface area contributed by atoms with Crippen LogP contribution in [0.3, 0.4) is 0 Å². The molecule has 3 atom stereocenters. The minimum absolute atomic E-state index is 0.451. The lowest BCUT2D eigenvalue weighted by Gasteiger charge is -2.19. The smallest absolute Gasteiger partial charge is 0.336 e. The Hall–Kier alpha value is -3.30. The fourth-order valence-electron chi connectivity index (χ4n) is 2.58. The van der Waals surface area contributed by atoms with Crippen molar-refractivity contribution in [1.29, 1.82) is 0 Å². The SMILES string of the molecule is CC(=O)OC[C@H](O)Cn1c(=O)n(C[C@@H](O)COC(C)=O)c(=O)n(C[C@@H](O)COC(C)=O)c1=O. The van der Waals surface area contributed by atoms with Gasteiger partial charge in [-0.25, -0.2) is 28.1 Å². The number of carbonyl (C=O) groups excluding carboxylic acids is 3. The van der Waals surface area contributed by atoms with Gasteiger partial charge in [-0.3, -0.25) is 14.4 Å². The topological polar surface area (TPSA) is 206 Å². The lowest BCUT2D eigenvalue weighted by atomic mass is 10.3. The fraction of sp³-hybridized carbons (Fsp3) is 0.667. The van der Waals surface area contributed by atoms with Crippen molar-refractivity contribution in [2.45, 2.75) is 58.7 Å². The molecule has 0 unspecified atom stereocenters. The zero-order valence-corrected chi connectivity index (χ0v) is 18.3. The number of aliphatic hydroxyl groups excluding tert-OH is 3. The summed E-state index contributed by atoms with van der Waals surface area (Å²) in [7, 11) is 0. The zero-order valence-electron chi connectivity index (χ0n) is 18.3. The van der Waals surface area contributed by atoms with E-state index in [1.165, 1.54) is 0 Å². The summed E-state index contributed by atoms with van der Waals surface area (Å²) < 4.78 is 15.2. The van der Waals surface area contributed by atoms with Crippen LogP contribution in [0.2, 0.25) is 0 Å². The maximum absolute atomic E-state index is 12.8. The Labute approximate surface area is 186 Å². The van der Waals surface area contributed by atoms with Crippen molar-refractivity contribution in [3.63, 3.8) is 0 Å². The number of hydrogen-bond acceptors (Lipinski definition) is 12. The molecule has 0 aliphatic rings. The van der Waals surface area contributed by atoms with Gasteiger partial charge in [0.05, 0.1) is 19.6 Å². The highest BCUT2D eigenvalue weighted by molar-refractivity contribution is 5.66. The number of ether oxygens (including phenoxy) is 3. The first kappa shape index (κ1) is 27.7. The normalized spacial score (nSPS) is 13.6. The van der Waals surface area contributed by atoms with Gasteiger partial charge in [-0.1, -0.05) is 0 Å².